The molecule has 0 saturated carbocycles. The Morgan fingerprint density at radius 1 is 0.895 bits per heavy atom. The molecule has 2 heteroatoms. The molecule has 0 spiro atoms. The number of hydrogen-bond donors (Lipinski definition) is 0. The van der Waals surface area contributed by atoms with Gasteiger partial charge in [-0.25, -0.2) is 9.79 Å². The number of nitrogens with zero attached hydrogens (tertiary/aromatic N) is 1. The number of rotatable bonds is 3. The minimum atomic E-state index is 0.495. The molecule has 0 saturated heterocycles. The Balaban J connectivity index is 2.17. The summed E-state index contributed by atoms with van der Waals surface area (Å²) in [7, 11) is 0. The van der Waals surface area contributed by atoms with E-state index in [1.807, 2.05) is 6.07 Å². The van der Waals surface area contributed by atoms with Gasteiger partial charge in [-0.1, -0.05) is 42.5 Å². The highest BCUT2D eigenvalue weighted by molar-refractivity contribution is 5.99. The van der Waals surface area contributed by atoms with Gasteiger partial charge in [-0.3, -0.25) is 0 Å². The number of hydrogen-bond acceptors (Lipinski definition) is 2. The smallest absolute Gasteiger partial charge is 0.211 e. The van der Waals surface area contributed by atoms with E-state index in [4.69, 9.17) is 0 Å². The molecule has 0 aromatic heterocycles. The van der Waals surface area contributed by atoms with Crippen LogP contribution in [0.2, 0.25) is 0 Å². The average Bonchev–Trinajstić information content (AvgIpc) is 2.46. The fourth-order valence-electron chi connectivity index (χ4n) is 2.47. The lowest BCUT2D eigenvalue weighted by Crippen LogP contribution is -1.91. The van der Waals surface area contributed by atoms with Gasteiger partial charge >= 0.3 is 0 Å². The minimum Gasteiger partial charge on any atom is -0.211 e. The molecule has 19 heavy (non-hydrogen) atoms. The first-order chi connectivity index (χ1) is 9.38. The topological polar surface area (TPSA) is 29.4 Å². The molecule has 0 bridgehead atoms. The van der Waals surface area contributed by atoms with Gasteiger partial charge in [0.1, 0.15) is 0 Å². The largest absolute Gasteiger partial charge is 0.234 e. The van der Waals surface area contributed by atoms with E-state index in [-0.39, 0.29) is 0 Å². The summed E-state index contributed by atoms with van der Waals surface area (Å²) in [4.78, 5) is 13.8. The van der Waals surface area contributed by atoms with Crippen LogP contribution in [0.15, 0.2) is 59.6 Å². The Morgan fingerprint density at radius 2 is 1.63 bits per heavy atom. The van der Waals surface area contributed by atoms with Crippen molar-refractivity contribution in [3.05, 3.63) is 60.2 Å². The summed E-state index contributed by atoms with van der Waals surface area (Å²) in [5.41, 5.74) is 1.22. The molecule has 3 rings (SSSR count). The molecule has 3 aromatic carbocycles. The normalized spacial score (nSPS) is 10.5. The lowest BCUT2D eigenvalue weighted by Gasteiger charge is -2.07. The molecule has 0 heterocycles. The summed E-state index contributed by atoms with van der Waals surface area (Å²) >= 11 is 0. The number of carbonyl (C=O) groups excluding carboxylic acids is 1. The van der Waals surface area contributed by atoms with Crippen LogP contribution in [0.4, 0.5) is 0 Å². The van der Waals surface area contributed by atoms with Crippen molar-refractivity contribution in [2.75, 3.05) is 6.54 Å². The van der Waals surface area contributed by atoms with Gasteiger partial charge in [-0.2, -0.15) is 0 Å². The van der Waals surface area contributed by atoms with Crippen LogP contribution in [0, 0.1) is 0 Å². The predicted octanol–water partition coefficient (Wildman–Crippen LogP) is 3.87. The summed E-state index contributed by atoms with van der Waals surface area (Å²) < 4.78 is 0. The second-order valence-electron chi connectivity index (χ2n) is 4.56. The van der Waals surface area contributed by atoms with Crippen molar-refractivity contribution in [1.82, 2.24) is 0 Å². The molecule has 0 unspecified atom stereocenters. The maximum Gasteiger partial charge on any atom is 0.234 e. The molecule has 0 amide bonds. The third-order valence-electron chi connectivity index (χ3n) is 3.39. The van der Waals surface area contributed by atoms with Crippen molar-refractivity contribution < 1.29 is 4.79 Å². The zero-order valence-electron chi connectivity index (χ0n) is 10.5. The SMILES string of the molecule is O=C=NCCc1cccc2cc3ccccc3cc12. The molecule has 3 aromatic rings. The lowest BCUT2D eigenvalue weighted by atomic mass is 9.98. The Kier molecular flexibility index (Phi) is 3.09. The van der Waals surface area contributed by atoms with Crippen LogP contribution in [0.1, 0.15) is 5.56 Å². The lowest BCUT2D eigenvalue weighted by molar-refractivity contribution is 0.563. The molecule has 0 atom stereocenters. The summed E-state index contributed by atoms with van der Waals surface area (Å²) in [6.07, 6.45) is 2.36. The minimum absolute atomic E-state index is 0.495. The zero-order valence-corrected chi connectivity index (χ0v) is 10.5. The van der Waals surface area contributed by atoms with Gasteiger partial charge < -0.3 is 0 Å². The summed E-state index contributed by atoms with van der Waals surface area (Å²) in [6.45, 7) is 0.495. The Bertz CT molecular complexity index is 785. The number of benzene rings is 3. The molecule has 0 aliphatic carbocycles. The van der Waals surface area contributed by atoms with Crippen LogP contribution in [0.5, 0.6) is 0 Å². The van der Waals surface area contributed by atoms with Gasteiger partial charge in [0.2, 0.25) is 6.08 Å². The molecular formula is C17H13NO. The molecule has 0 N–H and O–H groups in total. The Hall–Kier alpha value is -2.44. The number of fused-ring (bicyclic) bond motifs is 2. The van der Waals surface area contributed by atoms with E-state index in [2.05, 4.69) is 53.5 Å². The highest BCUT2D eigenvalue weighted by Gasteiger charge is 2.02. The van der Waals surface area contributed by atoms with Crippen LogP contribution in [0.25, 0.3) is 21.5 Å². The average molecular weight is 247 g/mol. The monoisotopic (exact) mass is 247 g/mol. The third-order valence-corrected chi connectivity index (χ3v) is 3.39. The van der Waals surface area contributed by atoms with Crippen LogP contribution >= 0.6 is 0 Å². The Morgan fingerprint density at radius 3 is 2.42 bits per heavy atom. The fraction of sp³-hybridized carbons (Fsp3) is 0.118. The van der Waals surface area contributed by atoms with E-state index in [0.717, 1.165) is 6.42 Å². The fourth-order valence-corrected chi connectivity index (χ4v) is 2.47. The Labute approximate surface area is 111 Å². The molecule has 0 aliphatic rings. The highest BCUT2D eigenvalue weighted by Crippen LogP contribution is 2.25. The summed E-state index contributed by atoms with van der Waals surface area (Å²) in [5.74, 6) is 0. The molecule has 0 aliphatic heterocycles. The van der Waals surface area contributed by atoms with Crippen molar-refractivity contribution in [2.45, 2.75) is 6.42 Å². The van der Waals surface area contributed by atoms with Gasteiger partial charge in [0.05, 0.1) is 6.54 Å². The summed E-state index contributed by atoms with van der Waals surface area (Å²) in [5, 5.41) is 4.95. The van der Waals surface area contributed by atoms with Crippen molar-refractivity contribution in [2.24, 2.45) is 4.99 Å². The first-order valence-electron chi connectivity index (χ1n) is 6.32. The quantitative estimate of drug-likeness (QED) is 0.392. The maximum atomic E-state index is 10.1. The van der Waals surface area contributed by atoms with Crippen LogP contribution in [-0.4, -0.2) is 12.6 Å². The second-order valence-corrected chi connectivity index (χ2v) is 4.56. The van der Waals surface area contributed by atoms with E-state index < -0.39 is 0 Å². The molecular weight excluding hydrogens is 234 g/mol. The van der Waals surface area contributed by atoms with Crippen LogP contribution < -0.4 is 0 Å². The summed E-state index contributed by atoms with van der Waals surface area (Å²) in [6, 6.07) is 19.0. The van der Waals surface area contributed by atoms with Crippen molar-refractivity contribution >= 4 is 27.6 Å². The van der Waals surface area contributed by atoms with Crippen LogP contribution in [0.3, 0.4) is 0 Å². The van der Waals surface area contributed by atoms with E-state index >= 15 is 0 Å². The van der Waals surface area contributed by atoms with E-state index in [9.17, 15) is 4.79 Å². The molecule has 2 nitrogen and oxygen atoms in total. The van der Waals surface area contributed by atoms with Crippen molar-refractivity contribution in [3.63, 3.8) is 0 Å². The van der Waals surface area contributed by atoms with Crippen molar-refractivity contribution in [3.8, 4) is 0 Å². The van der Waals surface area contributed by atoms with Gasteiger partial charge in [0, 0.05) is 0 Å². The molecule has 92 valence electrons. The van der Waals surface area contributed by atoms with E-state index in [1.54, 1.807) is 6.08 Å². The first kappa shape index (κ1) is 11.6. The molecule has 0 fully saturated rings. The van der Waals surface area contributed by atoms with Gasteiger partial charge in [-0.05, 0) is 45.7 Å². The maximum absolute atomic E-state index is 10.1. The van der Waals surface area contributed by atoms with Gasteiger partial charge in [0.15, 0.2) is 0 Å². The van der Waals surface area contributed by atoms with Gasteiger partial charge in [0.25, 0.3) is 0 Å². The predicted molar refractivity (Wildman–Crippen MR) is 78.1 cm³/mol. The van der Waals surface area contributed by atoms with Gasteiger partial charge in [-0.15, -0.1) is 0 Å². The highest BCUT2D eigenvalue weighted by atomic mass is 16.1. The number of aliphatic imine (C=N–C) groups is 1. The van der Waals surface area contributed by atoms with Crippen molar-refractivity contribution in [1.29, 1.82) is 0 Å². The van der Waals surface area contributed by atoms with E-state index in [0.29, 0.717) is 6.54 Å². The third kappa shape index (κ3) is 2.26. The van der Waals surface area contributed by atoms with Crippen LogP contribution in [-0.2, 0) is 11.2 Å². The zero-order chi connectivity index (χ0) is 13.1. The number of isocyanates is 1. The first-order valence-corrected chi connectivity index (χ1v) is 6.32. The second kappa shape index (κ2) is 5.05. The molecule has 0 radical (unpaired) electrons. The van der Waals surface area contributed by atoms with E-state index in [1.165, 1.54) is 27.1 Å². The standard InChI is InChI=1S/C17H13NO/c19-12-18-9-8-13-6-3-7-16-10-14-4-1-2-5-15(14)11-17(13)16/h1-7,10-11H,8-9H2.